The molecule has 0 saturated heterocycles. The molecular weight excluding hydrogens is 335 g/mol. The molecule has 0 fully saturated rings. The van der Waals surface area contributed by atoms with Crippen molar-refractivity contribution >= 4 is 41.3 Å². The fourth-order valence-corrected chi connectivity index (χ4v) is 1.70. The summed E-state index contributed by atoms with van der Waals surface area (Å²) in [6.07, 6.45) is 0. The van der Waals surface area contributed by atoms with Crippen LogP contribution in [0.3, 0.4) is 0 Å². The third kappa shape index (κ3) is 5.64. The number of hydrogen-bond donors (Lipinski definition) is 2. The van der Waals surface area contributed by atoms with E-state index in [1.807, 2.05) is 12.4 Å². The number of aliphatic imine (C=N–C) groups is 1. The van der Waals surface area contributed by atoms with Gasteiger partial charge in [-0.15, -0.1) is 35.3 Å². The monoisotopic (exact) mass is 354 g/mol. The zero-order valence-corrected chi connectivity index (χ0v) is 13.0. The number of nitrogens with two attached hydrogens (primary N) is 1. The minimum absolute atomic E-state index is 0. The van der Waals surface area contributed by atoms with Crippen molar-refractivity contribution in [3.8, 4) is 0 Å². The smallest absolute Gasteiger partial charge is 0.188 e. The van der Waals surface area contributed by atoms with E-state index in [0.29, 0.717) is 18.4 Å². The molecule has 0 amide bonds. The normalized spacial score (nSPS) is 11.4. The maximum atomic E-state index is 5.71. The summed E-state index contributed by atoms with van der Waals surface area (Å²) in [6, 6.07) is 0. The van der Waals surface area contributed by atoms with Crippen molar-refractivity contribution in [2.45, 2.75) is 27.3 Å². The van der Waals surface area contributed by atoms with Crippen LogP contribution in [0.2, 0.25) is 0 Å². The molecule has 0 radical (unpaired) electrons. The highest BCUT2D eigenvalue weighted by Crippen LogP contribution is 2.12. The average Bonchev–Trinajstić information content (AvgIpc) is 2.58. The van der Waals surface area contributed by atoms with E-state index >= 15 is 0 Å². The molecule has 0 saturated carbocycles. The molecule has 0 aliphatic rings. The highest BCUT2D eigenvalue weighted by atomic mass is 127. The first-order valence-electron chi connectivity index (χ1n) is 5.02. The standard InChI is InChI=1S/C10H18N4S.HI/c1-7(2)4-12-10(11)13-5-9-8(3)14-6-15-9;/h6-7H,4-5H2,1-3H3,(H3,11,12,13);1H. The van der Waals surface area contributed by atoms with E-state index in [1.165, 1.54) is 4.88 Å². The molecule has 0 aromatic carbocycles. The Hall–Kier alpha value is -0.370. The maximum Gasteiger partial charge on any atom is 0.188 e. The van der Waals surface area contributed by atoms with Crippen molar-refractivity contribution < 1.29 is 0 Å². The van der Waals surface area contributed by atoms with Crippen molar-refractivity contribution in [3.05, 3.63) is 16.1 Å². The van der Waals surface area contributed by atoms with Crippen LogP contribution in [-0.4, -0.2) is 17.5 Å². The molecule has 0 aliphatic heterocycles. The van der Waals surface area contributed by atoms with Crippen molar-refractivity contribution in [2.24, 2.45) is 16.6 Å². The molecule has 1 aromatic rings. The molecule has 4 nitrogen and oxygen atoms in total. The third-order valence-corrected chi connectivity index (χ3v) is 2.85. The molecule has 0 spiro atoms. The zero-order chi connectivity index (χ0) is 11.3. The Labute approximate surface area is 118 Å². The largest absolute Gasteiger partial charge is 0.370 e. The van der Waals surface area contributed by atoms with Crippen LogP contribution in [0.4, 0.5) is 0 Å². The number of nitrogens with zero attached hydrogens (tertiary/aromatic N) is 2. The second-order valence-electron chi connectivity index (χ2n) is 3.84. The van der Waals surface area contributed by atoms with Gasteiger partial charge in [-0.1, -0.05) is 13.8 Å². The Kier molecular flexibility index (Phi) is 7.65. The van der Waals surface area contributed by atoms with E-state index < -0.39 is 0 Å². The van der Waals surface area contributed by atoms with E-state index in [9.17, 15) is 0 Å². The van der Waals surface area contributed by atoms with Crippen LogP contribution in [0.15, 0.2) is 10.5 Å². The minimum Gasteiger partial charge on any atom is -0.370 e. The number of rotatable bonds is 4. The second-order valence-corrected chi connectivity index (χ2v) is 4.78. The molecule has 1 rings (SSSR count). The summed E-state index contributed by atoms with van der Waals surface area (Å²) in [5.41, 5.74) is 8.59. The zero-order valence-electron chi connectivity index (χ0n) is 9.86. The van der Waals surface area contributed by atoms with Crippen molar-refractivity contribution in [1.29, 1.82) is 0 Å². The van der Waals surface area contributed by atoms with Crippen LogP contribution in [0.1, 0.15) is 24.4 Å². The molecule has 1 aromatic heterocycles. The van der Waals surface area contributed by atoms with Gasteiger partial charge < -0.3 is 11.1 Å². The van der Waals surface area contributed by atoms with E-state index in [0.717, 1.165) is 12.2 Å². The van der Waals surface area contributed by atoms with Crippen LogP contribution >= 0.6 is 35.3 Å². The Bertz CT molecular complexity index is 335. The number of aryl methyl sites for hydroxylation is 1. The van der Waals surface area contributed by atoms with Crippen LogP contribution in [-0.2, 0) is 6.54 Å². The van der Waals surface area contributed by atoms with Gasteiger partial charge in [0.05, 0.1) is 17.7 Å². The van der Waals surface area contributed by atoms with Gasteiger partial charge in [0, 0.05) is 11.4 Å². The number of hydrogen-bond acceptors (Lipinski definition) is 3. The lowest BCUT2D eigenvalue weighted by atomic mass is 10.2. The summed E-state index contributed by atoms with van der Waals surface area (Å²) in [4.78, 5) is 9.58. The van der Waals surface area contributed by atoms with Gasteiger partial charge in [-0.3, -0.25) is 0 Å². The summed E-state index contributed by atoms with van der Waals surface area (Å²) >= 11 is 1.61. The van der Waals surface area contributed by atoms with E-state index in [1.54, 1.807) is 11.3 Å². The molecule has 0 bridgehead atoms. The summed E-state index contributed by atoms with van der Waals surface area (Å²) < 4.78 is 0. The topological polar surface area (TPSA) is 63.3 Å². The van der Waals surface area contributed by atoms with Crippen molar-refractivity contribution in [2.75, 3.05) is 6.54 Å². The Morgan fingerprint density at radius 1 is 1.62 bits per heavy atom. The Morgan fingerprint density at radius 3 is 2.81 bits per heavy atom. The number of aromatic nitrogens is 1. The lowest BCUT2D eigenvalue weighted by molar-refractivity contribution is 0.622. The number of nitrogens with one attached hydrogen (secondary N) is 1. The molecule has 3 N–H and O–H groups in total. The molecule has 92 valence electrons. The Morgan fingerprint density at radius 2 is 2.31 bits per heavy atom. The van der Waals surface area contributed by atoms with Crippen molar-refractivity contribution in [3.63, 3.8) is 0 Å². The lowest BCUT2D eigenvalue weighted by Crippen LogP contribution is -2.34. The maximum absolute atomic E-state index is 5.71. The predicted octanol–water partition coefficient (Wildman–Crippen LogP) is 2.13. The lowest BCUT2D eigenvalue weighted by Gasteiger charge is -2.07. The van der Waals surface area contributed by atoms with Crippen LogP contribution < -0.4 is 11.1 Å². The van der Waals surface area contributed by atoms with Crippen LogP contribution in [0, 0.1) is 12.8 Å². The first-order chi connectivity index (χ1) is 7.09. The van der Waals surface area contributed by atoms with E-state index in [-0.39, 0.29) is 24.0 Å². The van der Waals surface area contributed by atoms with Crippen LogP contribution in [0.5, 0.6) is 0 Å². The van der Waals surface area contributed by atoms with Gasteiger partial charge in [-0.05, 0) is 12.8 Å². The van der Waals surface area contributed by atoms with Gasteiger partial charge in [0.2, 0.25) is 0 Å². The quantitative estimate of drug-likeness (QED) is 0.495. The minimum atomic E-state index is 0. The summed E-state index contributed by atoms with van der Waals surface area (Å²) in [7, 11) is 0. The van der Waals surface area contributed by atoms with Gasteiger partial charge >= 0.3 is 0 Å². The van der Waals surface area contributed by atoms with Gasteiger partial charge in [-0.2, -0.15) is 0 Å². The summed E-state index contributed by atoms with van der Waals surface area (Å²) in [5.74, 6) is 1.08. The fourth-order valence-electron chi connectivity index (χ4n) is 1.000. The molecule has 0 atom stereocenters. The first-order valence-corrected chi connectivity index (χ1v) is 5.90. The van der Waals surface area contributed by atoms with Crippen LogP contribution in [0.25, 0.3) is 0 Å². The number of thiazole rings is 1. The van der Waals surface area contributed by atoms with Gasteiger partial charge in [0.25, 0.3) is 0 Å². The van der Waals surface area contributed by atoms with Gasteiger partial charge in [-0.25, -0.2) is 9.98 Å². The molecular formula is C10H19IN4S. The van der Waals surface area contributed by atoms with E-state index in [4.69, 9.17) is 5.73 Å². The average molecular weight is 354 g/mol. The van der Waals surface area contributed by atoms with Gasteiger partial charge in [0.15, 0.2) is 5.96 Å². The predicted molar refractivity (Wildman–Crippen MR) is 80.4 cm³/mol. The highest BCUT2D eigenvalue weighted by Gasteiger charge is 2.00. The molecule has 6 heteroatoms. The Balaban J connectivity index is 0.00000225. The third-order valence-electron chi connectivity index (χ3n) is 1.93. The van der Waals surface area contributed by atoms with E-state index in [2.05, 4.69) is 29.1 Å². The summed E-state index contributed by atoms with van der Waals surface area (Å²) in [5, 5.41) is 3.08. The van der Waals surface area contributed by atoms with Gasteiger partial charge in [0.1, 0.15) is 0 Å². The number of guanidine groups is 1. The summed E-state index contributed by atoms with van der Waals surface area (Å²) in [6.45, 7) is 7.73. The fraction of sp³-hybridized carbons (Fsp3) is 0.600. The first kappa shape index (κ1) is 15.6. The SMILES string of the molecule is Cc1ncsc1CN=C(N)NCC(C)C.I. The molecule has 16 heavy (non-hydrogen) atoms. The number of halogens is 1. The highest BCUT2D eigenvalue weighted by molar-refractivity contribution is 14.0. The molecule has 0 unspecified atom stereocenters. The van der Waals surface area contributed by atoms with Crippen molar-refractivity contribution in [1.82, 2.24) is 10.3 Å². The second kappa shape index (κ2) is 7.83. The molecule has 0 aliphatic carbocycles. The molecule has 1 heterocycles.